The van der Waals surface area contributed by atoms with E-state index in [0.717, 1.165) is 16.9 Å². The molecule has 1 aromatic carbocycles. The Hall–Kier alpha value is -2.40. The number of carbonyl (C=O) groups is 2. The number of aromatic nitrogens is 1. The largest absolute Gasteiger partial charge is 0.497 e. The molecule has 2 aromatic rings. The van der Waals surface area contributed by atoms with Crippen molar-refractivity contribution in [2.75, 3.05) is 13.7 Å². The molecule has 0 aliphatic rings. The zero-order chi connectivity index (χ0) is 17.5. The van der Waals surface area contributed by atoms with Crippen molar-refractivity contribution in [3.8, 4) is 5.75 Å². The third-order valence-corrected chi connectivity index (χ3v) is 3.85. The number of aryl methyl sites for hydroxylation is 1. The van der Waals surface area contributed by atoms with E-state index < -0.39 is 11.7 Å². The SMILES string of the molecule is COc1ccc(CCNC(=O)C(=O)Cc2cc(C)cnc2Cl)cc1. The van der Waals surface area contributed by atoms with Crippen molar-refractivity contribution < 1.29 is 14.3 Å². The van der Waals surface area contributed by atoms with E-state index in [1.165, 1.54) is 0 Å². The topological polar surface area (TPSA) is 68.3 Å². The second kappa shape index (κ2) is 8.45. The number of nitrogens with one attached hydrogen (secondary N) is 1. The van der Waals surface area contributed by atoms with Gasteiger partial charge in [-0.3, -0.25) is 9.59 Å². The number of carbonyl (C=O) groups excluding carboxylic acids is 2. The molecule has 0 fully saturated rings. The molecular weight excluding hydrogens is 328 g/mol. The lowest BCUT2D eigenvalue weighted by molar-refractivity contribution is -0.137. The number of halogens is 1. The van der Waals surface area contributed by atoms with Gasteiger partial charge in [0.2, 0.25) is 5.78 Å². The van der Waals surface area contributed by atoms with Crippen LogP contribution in [0.4, 0.5) is 0 Å². The average molecular weight is 347 g/mol. The minimum Gasteiger partial charge on any atom is -0.497 e. The van der Waals surface area contributed by atoms with Crippen LogP contribution in [0.1, 0.15) is 16.7 Å². The molecule has 24 heavy (non-hydrogen) atoms. The molecule has 0 atom stereocenters. The number of ether oxygens (including phenoxy) is 1. The summed E-state index contributed by atoms with van der Waals surface area (Å²) in [4.78, 5) is 27.9. The third kappa shape index (κ3) is 5.06. The number of methoxy groups -OCH3 is 1. The fourth-order valence-electron chi connectivity index (χ4n) is 2.20. The molecule has 0 aliphatic carbocycles. The highest BCUT2D eigenvalue weighted by molar-refractivity contribution is 6.37. The van der Waals surface area contributed by atoms with Crippen LogP contribution in [-0.2, 0) is 22.4 Å². The summed E-state index contributed by atoms with van der Waals surface area (Å²) < 4.78 is 5.09. The Bertz CT molecular complexity index is 730. The standard InChI is InChI=1S/C18H19ClN2O3/c1-12-9-14(17(19)21-11-12)10-16(22)18(23)20-8-7-13-3-5-15(24-2)6-4-13/h3-6,9,11H,7-8,10H2,1-2H3,(H,20,23). The molecule has 6 heteroatoms. The predicted molar refractivity (Wildman–Crippen MR) is 92.4 cm³/mol. The first-order valence-electron chi connectivity index (χ1n) is 7.54. The number of pyridine rings is 1. The van der Waals surface area contributed by atoms with Crippen LogP contribution in [0.25, 0.3) is 0 Å². The van der Waals surface area contributed by atoms with E-state index in [2.05, 4.69) is 10.3 Å². The molecule has 0 saturated carbocycles. The van der Waals surface area contributed by atoms with E-state index >= 15 is 0 Å². The van der Waals surface area contributed by atoms with Gasteiger partial charge in [-0.25, -0.2) is 4.98 Å². The van der Waals surface area contributed by atoms with Crippen molar-refractivity contribution in [2.24, 2.45) is 0 Å². The molecule has 2 rings (SSSR count). The second-order valence-electron chi connectivity index (χ2n) is 5.42. The molecule has 0 aliphatic heterocycles. The van der Waals surface area contributed by atoms with Gasteiger partial charge < -0.3 is 10.1 Å². The summed E-state index contributed by atoms with van der Waals surface area (Å²) in [5.41, 5.74) is 2.50. The van der Waals surface area contributed by atoms with Crippen molar-refractivity contribution in [1.29, 1.82) is 0 Å². The second-order valence-corrected chi connectivity index (χ2v) is 5.77. The fourth-order valence-corrected chi connectivity index (χ4v) is 2.37. The number of amides is 1. The fraction of sp³-hybridized carbons (Fsp3) is 0.278. The minimum absolute atomic E-state index is 0.0537. The Morgan fingerprint density at radius 3 is 2.62 bits per heavy atom. The van der Waals surface area contributed by atoms with Gasteiger partial charge in [-0.15, -0.1) is 0 Å². The molecule has 1 heterocycles. The van der Waals surface area contributed by atoms with Gasteiger partial charge in [-0.2, -0.15) is 0 Å². The Balaban J connectivity index is 1.83. The van der Waals surface area contributed by atoms with Crippen molar-refractivity contribution >= 4 is 23.3 Å². The van der Waals surface area contributed by atoms with Crippen LogP contribution < -0.4 is 10.1 Å². The summed E-state index contributed by atoms with van der Waals surface area (Å²) in [6.07, 6.45) is 2.20. The van der Waals surface area contributed by atoms with Gasteiger partial charge in [0, 0.05) is 19.2 Å². The summed E-state index contributed by atoms with van der Waals surface area (Å²) in [5, 5.41) is 2.88. The van der Waals surface area contributed by atoms with E-state index in [-0.39, 0.29) is 11.6 Å². The molecule has 126 valence electrons. The van der Waals surface area contributed by atoms with E-state index in [0.29, 0.717) is 18.5 Å². The minimum atomic E-state index is -0.610. The van der Waals surface area contributed by atoms with Gasteiger partial charge in [0.15, 0.2) is 0 Å². The van der Waals surface area contributed by atoms with Crippen LogP contribution in [0.5, 0.6) is 5.75 Å². The van der Waals surface area contributed by atoms with Gasteiger partial charge in [-0.05, 0) is 42.2 Å². The number of hydrogen-bond acceptors (Lipinski definition) is 4. The van der Waals surface area contributed by atoms with Gasteiger partial charge in [0.25, 0.3) is 5.91 Å². The maximum Gasteiger partial charge on any atom is 0.287 e. The lowest BCUT2D eigenvalue weighted by Crippen LogP contribution is -2.33. The average Bonchev–Trinajstić information content (AvgIpc) is 2.58. The molecule has 1 N–H and O–H groups in total. The lowest BCUT2D eigenvalue weighted by atomic mass is 10.1. The Labute approximate surface area is 146 Å². The van der Waals surface area contributed by atoms with Gasteiger partial charge in [-0.1, -0.05) is 29.8 Å². The molecule has 0 bridgehead atoms. The van der Waals surface area contributed by atoms with Crippen molar-refractivity contribution in [1.82, 2.24) is 10.3 Å². The molecule has 0 radical (unpaired) electrons. The van der Waals surface area contributed by atoms with E-state index in [9.17, 15) is 9.59 Å². The predicted octanol–water partition coefficient (Wildman–Crippen LogP) is 2.52. The quantitative estimate of drug-likeness (QED) is 0.618. The molecule has 5 nitrogen and oxygen atoms in total. The highest BCUT2D eigenvalue weighted by atomic mass is 35.5. The van der Waals surface area contributed by atoms with Crippen LogP contribution in [0.2, 0.25) is 5.15 Å². The maximum atomic E-state index is 12.0. The third-order valence-electron chi connectivity index (χ3n) is 3.51. The van der Waals surface area contributed by atoms with Crippen LogP contribution >= 0.6 is 11.6 Å². The number of Topliss-reactive ketones (excluding diaryl/α,β-unsaturated/α-hetero) is 1. The van der Waals surface area contributed by atoms with E-state index in [1.807, 2.05) is 31.2 Å². The van der Waals surface area contributed by atoms with Gasteiger partial charge >= 0.3 is 0 Å². The number of hydrogen-bond donors (Lipinski definition) is 1. The summed E-state index contributed by atoms with van der Waals surface area (Å²) in [5.74, 6) is -0.360. The molecule has 0 spiro atoms. The van der Waals surface area contributed by atoms with E-state index in [1.54, 1.807) is 19.4 Å². The summed E-state index contributed by atoms with van der Waals surface area (Å²) in [6.45, 7) is 2.24. The lowest BCUT2D eigenvalue weighted by Gasteiger charge is -2.07. The first kappa shape index (κ1) is 17.9. The first-order chi connectivity index (χ1) is 11.5. The van der Waals surface area contributed by atoms with Crippen molar-refractivity contribution in [3.05, 3.63) is 58.4 Å². The van der Waals surface area contributed by atoms with Crippen molar-refractivity contribution in [2.45, 2.75) is 19.8 Å². The van der Waals surface area contributed by atoms with Crippen LogP contribution in [-0.4, -0.2) is 30.3 Å². The van der Waals surface area contributed by atoms with Crippen LogP contribution in [0.15, 0.2) is 36.5 Å². The number of nitrogens with zero attached hydrogens (tertiary/aromatic N) is 1. The molecule has 1 amide bonds. The van der Waals surface area contributed by atoms with Gasteiger partial charge in [0.05, 0.1) is 7.11 Å². The molecule has 0 saturated heterocycles. The molecule has 1 aromatic heterocycles. The molecule has 0 unspecified atom stereocenters. The zero-order valence-electron chi connectivity index (χ0n) is 13.6. The number of ketones is 1. The number of benzene rings is 1. The van der Waals surface area contributed by atoms with E-state index in [4.69, 9.17) is 16.3 Å². The zero-order valence-corrected chi connectivity index (χ0v) is 14.4. The van der Waals surface area contributed by atoms with Crippen LogP contribution in [0.3, 0.4) is 0 Å². The Morgan fingerprint density at radius 1 is 1.25 bits per heavy atom. The summed E-state index contributed by atoms with van der Waals surface area (Å²) in [6, 6.07) is 9.32. The smallest absolute Gasteiger partial charge is 0.287 e. The highest BCUT2D eigenvalue weighted by Gasteiger charge is 2.16. The number of rotatable bonds is 7. The first-order valence-corrected chi connectivity index (χ1v) is 7.92. The highest BCUT2D eigenvalue weighted by Crippen LogP contribution is 2.15. The summed E-state index contributed by atoms with van der Waals surface area (Å²) >= 11 is 5.95. The van der Waals surface area contributed by atoms with Crippen LogP contribution in [0, 0.1) is 6.92 Å². The Kier molecular flexibility index (Phi) is 6.32. The summed E-state index contributed by atoms with van der Waals surface area (Å²) in [7, 11) is 1.61. The maximum absolute atomic E-state index is 12.0. The van der Waals surface area contributed by atoms with Crippen molar-refractivity contribution in [3.63, 3.8) is 0 Å². The Morgan fingerprint density at radius 2 is 1.96 bits per heavy atom. The molecular formula is C18H19ClN2O3. The normalized spacial score (nSPS) is 10.3. The van der Waals surface area contributed by atoms with Gasteiger partial charge in [0.1, 0.15) is 10.9 Å². The monoisotopic (exact) mass is 346 g/mol.